The van der Waals surface area contributed by atoms with Gasteiger partial charge in [0.05, 0.1) is 24.7 Å². The third-order valence-corrected chi connectivity index (χ3v) is 4.71. The van der Waals surface area contributed by atoms with Crippen molar-refractivity contribution in [1.29, 1.82) is 0 Å². The van der Waals surface area contributed by atoms with Crippen molar-refractivity contribution in [1.82, 2.24) is 10.2 Å². The van der Waals surface area contributed by atoms with Gasteiger partial charge in [0.1, 0.15) is 0 Å². The van der Waals surface area contributed by atoms with E-state index in [-0.39, 0.29) is 37.3 Å². The van der Waals surface area contributed by atoms with Gasteiger partial charge in [-0.3, -0.25) is 0 Å². The highest BCUT2D eigenvalue weighted by atomic mass is 32.2. The summed E-state index contributed by atoms with van der Waals surface area (Å²) in [7, 11) is -2.89. The average molecular weight is 294 g/mol. The third kappa shape index (κ3) is 5.75. The van der Waals surface area contributed by atoms with Gasteiger partial charge < -0.3 is 20.1 Å². The largest absolute Gasteiger partial charge is 0.450 e. The summed E-state index contributed by atoms with van der Waals surface area (Å²) in [6, 6.07) is -0.0387. The summed E-state index contributed by atoms with van der Waals surface area (Å²) in [5, 5.41) is 12.0. The fraction of sp³-hybridized carbons (Fsp3) is 0.909. The highest BCUT2D eigenvalue weighted by Crippen LogP contribution is 2.10. The molecule has 1 rings (SSSR count). The van der Waals surface area contributed by atoms with E-state index in [1.54, 1.807) is 6.92 Å². The topological polar surface area (TPSA) is 95.9 Å². The molecule has 1 atom stereocenters. The molecule has 7 nitrogen and oxygen atoms in total. The lowest BCUT2D eigenvalue weighted by atomic mass is 10.2. The van der Waals surface area contributed by atoms with Crippen molar-refractivity contribution < 1.29 is 23.1 Å². The van der Waals surface area contributed by atoms with Crippen LogP contribution in [0.15, 0.2) is 0 Å². The Balaban J connectivity index is 2.30. The van der Waals surface area contributed by atoms with Crippen LogP contribution in [0, 0.1) is 0 Å². The highest BCUT2D eigenvalue weighted by molar-refractivity contribution is 7.91. The molecule has 19 heavy (non-hydrogen) atoms. The zero-order chi connectivity index (χ0) is 14.3. The van der Waals surface area contributed by atoms with E-state index in [1.807, 2.05) is 0 Å². The number of carbonyl (C=O) groups is 1. The molecule has 0 radical (unpaired) electrons. The van der Waals surface area contributed by atoms with E-state index >= 15 is 0 Å². The molecular formula is C11H22N2O5S. The second-order valence-electron chi connectivity index (χ2n) is 4.46. The molecule has 1 unspecified atom stereocenters. The normalized spacial score (nSPS) is 21.3. The molecule has 0 aromatic rings. The maximum absolute atomic E-state index is 11.5. The number of hydrogen-bond donors (Lipinski definition) is 2. The minimum absolute atomic E-state index is 0.0387. The monoisotopic (exact) mass is 294 g/mol. The molecule has 1 aliphatic heterocycles. The lowest BCUT2D eigenvalue weighted by molar-refractivity contribution is 0.0984. The zero-order valence-electron chi connectivity index (χ0n) is 11.2. The number of amides is 1. The fourth-order valence-electron chi connectivity index (χ4n) is 1.99. The molecule has 0 aliphatic carbocycles. The van der Waals surface area contributed by atoms with Gasteiger partial charge in [-0.05, 0) is 13.3 Å². The minimum atomic E-state index is -2.89. The van der Waals surface area contributed by atoms with Crippen LogP contribution in [0.3, 0.4) is 0 Å². The van der Waals surface area contributed by atoms with E-state index in [2.05, 4.69) is 5.32 Å². The Morgan fingerprint density at radius 3 is 2.74 bits per heavy atom. The van der Waals surface area contributed by atoms with Gasteiger partial charge in [-0.1, -0.05) is 0 Å². The summed E-state index contributed by atoms with van der Waals surface area (Å²) in [4.78, 5) is 12.9. The first-order valence-electron chi connectivity index (χ1n) is 6.45. The second kappa shape index (κ2) is 7.66. The van der Waals surface area contributed by atoms with Crippen LogP contribution in [0.5, 0.6) is 0 Å². The number of nitrogens with zero attached hydrogens (tertiary/aromatic N) is 1. The standard InChI is InChI=1S/C11H22N2O5S/c1-2-18-11(15)13(6-7-14)5-4-12-10-3-8-19(16,17)9-10/h10,12,14H,2-9H2,1H3. The molecule has 0 aromatic heterocycles. The predicted molar refractivity (Wildman–Crippen MR) is 70.7 cm³/mol. The van der Waals surface area contributed by atoms with Gasteiger partial charge in [0.15, 0.2) is 9.84 Å². The molecule has 1 aliphatic rings. The molecule has 0 aromatic carbocycles. The van der Waals surface area contributed by atoms with Gasteiger partial charge in [-0.25, -0.2) is 13.2 Å². The van der Waals surface area contributed by atoms with E-state index in [1.165, 1.54) is 4.90 Å². The number of ether oxygens (including phenoxy) is 1. The number of sulfone groups is 1. The maximum Gasteiger partial charge on any atom is 0.409 e. The van der Waals surface area contributed by atoms with Gasteiger partial charge in [-0.2, -0.15) is 0 Å². The van der Waals surface area contributed by atoms with Crippen LogP contribution in [0.1, 0.15) is 13.3 Å². The molecule has 1 fully saturated rings. The van der Waals surface area contributed by atoms with Crippen LogP contribution < -0.4 is 5.32 Å². The SMILES string of the molecule is CCOC(=O)N(CCO)CCNC1CCS(=O)(=O)C1. The van der Waals surface area contributed by atoms with Crippen molar-refractivity contribution in [2.45, 2.75) is 19.4 Å². The van der Waals surface area contributed by atoms with Crippen molar-refractivity contribution >= 4 is 15.9 Å². The number of rotatable bonds is 7. The molecule has 0 spiro atoms. The Morgan fingerprint density at radius 1 is 1.47 bits per heavy atom. The molecule has 0 saturated carbocycles. The fourth-order valence-corrected chi connectivity index (χ4v) is 3.70. The van der Waals surface area contributed by atoms with Crippen molar-refractivity contribution in [3.05, 3.63) is 0 Å². The number of carbonyl (C=O) groups excluding carboxylic acids is 1. The van der Waals surface area contributed by atoms with Crippen LogP contribution in [-0.4, -0.2) is 74.9 Å². The summed E-state index contributed by atoms with van der Waals surface area (Å²) in [6.07, 6.45) is 0.152. The first-order chi connectivity index (χ1) is 8.98. The number of aliphatic hydroxyl groups excluding tert-OH is 1. The van der Waals surface area contributed by atoms with Crippen LogP contribution in [0.25, 0.3) is 0 Å². The van der Waals surface area contributed by atoms with E-state index in [0.29, 0.717) is 19.5 Å². The first-order valence-corrected chi connectivity index (χ1v) is 8.27. The Hall–Kier alpha value is -0.860. The van der Waals surface area contributed by atoms with Crippen molar-refractivity contribution in [3.63, 3.8) is 0 Å². The Kier molecular flexibility index (Phi) is 6.53. The van der Waals surface area contributed by atoms with Gasteiger partial charge >= 0.3 is 6.09 Å². The number of nitrogens with one attached hydrogen (secondary N) is 1. The summed E-state index contributed by atoms with van der Waals surface area (Å²) in [5.41, 5.74) is 0. The molecule has 1 saturated heterocycles. The lowest BCUT2D eigenvalue weighted by Gasteiger charge is -2.22. The number of hydrogen-bond acceptors (Lipinski definition) is 6. The molecule has 1 heterocycles. The van der Waals surface area contributed by atoms with Crippen molar-refractivity contribution in [2.75, 3.05) is 44.4 Å². The van der Waals surface area contributed by atoms with Gasteiger partial charge in [-0.15, -0.1) is 0 Å². The summed E-state index contributed by atoms with van der Waals surface area (Å²) >= 11 is 0. The lowest BCUT2D eigenvalue weighted by Crippen LogP contribution is -2.41. The average Bonchev–Trinajstić information content (AvgIpc) is 2.68. The van der Waals surface area contributed by atoms with Crippen molar-refractivity contribution in [2.24, 2.45) is 0 Å². The van der Waals surface area contributed by atoms with Crippen LogP contribution >= 0.6 is 0 Å². The molecule has 1 amide bonds. The van der Waals surface area contributed by atoms with E-state index in [0.717, 1.165) is 0 Å². The van der Waals surface area contributed by atoms with Gasteiger partial charge in [0, 0.05) is 25.7 Å². The van der Waals surface area contributed by atoms with Gasteiger partial charge in [0.25, 0.3) is 0 Å². The Bertz CT molecular complexity index is 385. The number of aliphatic hydroxyl groups is 1. The highest BCUT2D eigenvalue weighted by Gasteiger charge is 2.27. The third-order valence-electron chi connectivity index (χ3n) is 2.94. The smallest absolute Gasteiger partial charge is 0.409 e. The quantitative estimate of drug-likeness (QED) is 0.639. The van der Waals surface area contributed by atoms with E-state index < -0.39 is 15.9 Å². The van der Waals surface area contributed by atoms with Crippen molar-refractivity contribution in [3.8, 4) is 0 Å². The molecule has 112 valence electrons. The van der Waals surface area contributed by atoms with Crippen LogP contribution in [-0.2, 0) is 14.6 Å². The molecular weight excluding hydrogens is 272 g/mol. The Labute approximate surface area is 113 Å². The van der Waals surface area contributed by atoms with Crippen LogP contribution in [0.4, 0.5) is 4.79 Å². The summed E-state index contributed by atoms with van der Waals surface area (Å²) in [5.74, 6) is 0.384. The zero-order valence-corrected chi connectivity index (χ0v) is 12.0. The van der Waals surface area contributed by atoms with E-state index in [9.17, 15) is 13.2 Å². The summed E-state index contributed by atoms with van der Waals surface area (Å²) in [6.45, 7) is 2.96. The second-order valence-corrected chi connectivity index (χ2v) is 6.69. The summed E-state index contributed by atoms with van der Waals surface area (Å²) < 4.78 is 27.4. The molecule has 0 bridgehead atoms. The minimum Gasteiger partial charge on any atom is -0.450 e. The predicted octanol–water partition coefficient (Wildman–Crippen LogP) is -0.786. The molecule has 2 N–H and O–H groups in total. The van der Waals surface area contributed by atoms with E-state index in [4.69, 9.17) is 9.84 Å². The van der Waals surface area contributed by atoms with Crippen LogP contribution in [0.2, 0.25) is 0 Å². The Morgan fingerprint density at radius 2 is 2.21 bits per heavy atom. The molecule has 8 heteroatoms. The van der Waals surface area contributed by atoms with Gasteiger partial charge in [0.2, 0.25) is 0 Å². The maximum atomic E-state index is 11.5. The first kappa shape index (κ1) is 16.2.